The molecule has 6 aliphatic rings. The first-order valence-electron chi connectivity index (χ1n) is 43.2. The maximum atomic E-state index is 12.4. The summed E-state index contributed by atoms with van der Waals surface area (Å²) in [6.07, 6.45) is 10.2. The summed E-state index contributed by atoms with van der Waals surface area (Å²) in [6.45, 7) is 13.8. The van der Waals surface area contributed by atoms with Gasteiger partial charge in [-0.15, -0.1) is 0 Å². The molecular formula is C114H80Cl2HfO4Si2. The van der Waals surface area contributed by atoms with Gasteiger partial charge in [0.2, 0.25) is 0 Å². The standard InChI is InChI=1S/2C57H40O2Si.2ClH.Hf/c2*1-34-18-28-54(58-34)52-32-50-44(40-24-26-46-38(30-40)22-20-36-10-4-6-12-42(36)46)14-8-16-48(50)56(52)60(3)57-49-17-9-15-45(51(49)33-53(57)55-29-19-35(2)59-55)41-25-27-47-39(31-41)23-21-37-11-5-7-13-43(37)47;;;/h2*4-33,60H,1-3H3;2*1H;/q;;;;+2/p-2. The van der Waals surface area contributed by atoms with Crippen molar-refractivity contribution in [3.8, 4) is 44.5 Å². The van der Waals surface area contributed by atoms with Crippen LogP contribution in [0.4, 0.5) is 0 Å². The number of furan rings is 4. The minimum absolute atomic E-state index is 0.761. The molecule has 0 N–H and O–H groups in total. The molecule has 6 heterocycles. The zero-order valence-corrected chi connectivity index (χ0v) is 76.1. The van der Waals surface area contributed by atoms with Crippen LogP contribution in [0.3, 0.4) is 0 Å². The molecule has 4 aromatic heterocycles. The predicted octanol–water partition coefficient (Wildman–Crippen LogP) is 30.7. The first-order chi connectivity index (χ1) is 60.0. The van der Waals surface area contributed by atoms with E-state index in [0.29, 0.717) is 0 Å². The summed E-state index contributed by atoms with van der Waals surface area (Å²) in [5.41, 5.74) is 21.9. The second-order valence-corrected chi connectivity index (χ2v) is 90.5. The van der Waals surface area contributed by atoms with Crippen molar-refractivity contribution in [3.63, 3.8) is 0 Å². The van der Waals surface area contributed by atoms with E-state index in [9.17, 15) is 17.2 Å². The van der Waals surface area contributed by atoms with Crippen molar-refractivity contribution in [1.82, 2.24) is 0 Å². The molecule has 586 valence electrons. The predicted molar refractivity (Wildman–Crippen MR) is 517 cm³/mol. The summed E-state index contributed by atoms with van der Waals surface area (Å²) in [5.74, 6) is 6.22. The molecule has 4 aliphatic carbocycles. The molecule has 0 amide bonds. The topological polar surface area (TPSA) is 52.6 Å². The van der Waals surface area contributed by atoms with Gasteiger partial charge in [-0.3, -0.25) is 0 Å². The molecule has 20 aromatic rings. The first kappa shape index (κ1) is 72.2. The second kappa shape index (κ2) is 24.7. The molecule has 2 saturated heterocycles. The molecule has 123 heavy (non-hydrogen) atoms. The fraction of sp³-hybridized carbons (Fsp3) is 0.0877. The van der Waals surface area contributed by atoms with Crippen LogP contribution < -0.4 is 0 Å². The van der Waals surface area contributed by atoms with Gasteiger partial charge in [-0.05, 0) is 0 Å². The van der Waals surface area contributed by atoms with Crippen LogP contribution in [0, 0.1) is 27.7 Å². The van der Waals surface area contributed by atoms with Gasteiger partial charge in [0.1, 0.15) is 0 Å². The van der Waals surface area contributed by atoms with Crippen molar-refractivity contribution in [2.75, 3.05) is 0 Å². The van der Waals surface area contributed by atoms with E-state index in [-0.39, 0.29) is 0 Å². The zero-order chi connectivity index (χ0) is 82.2. The molecule has 26 rings (SSSR count). The van der Waals surface area contributed by atoms with Crippen molar-refractivity contribution >= 4 is 168 Å². The van der Waals surface area contributed by atoms with Crippen LogP contribution in [-0.2, 0) is 25.8 Å². The number of halogens is 2. The number of rotatable bonds is 8. The summed E-state index contributed by atoms with van der Waals surface area (Å²) in [5, 5.41) is 19.1. The summed E-state index contributed by atoms with van der Waals surface area (Å²) in [7, 11) is 18.3. The molecule has 9 heteroatoms. The Kier molecular flexibility index (Phi) is 14.5. The molecule has 4 nitrogen and oxygen atoms in total. The number of aryl methyl sites for hydroxylation is 4. The molecule has 0 saturated carbocycles. The minimum atomic E-state index is -9.08. The van der Waals surface area contributed by atoms with Crippen LogP contribution >= 0.6 is 17.2 Å². The quantitative estimate of drug-likeness (QED) is 0.112. The van der Waals surface area contributed by atoms with Gasteiger partial charge in [-0.2, -0.15) is 0 Å². The van der Waals surface area contributed by atoms with Crippen LogP contribution in [-0.4, -0.2) is 17.6 Å². The third kappa shape index (κ3) is 8.27. The Hall–Kier alpha value is -12.4. The van der Waals surface area contributed by atoms with Gasteiger partial charge in [-0.1, -0.05) is 0 Å². The van der Waals surface area contributed by atoms with E-state index in [2.05, 4.69) is 405 Å². The van der Waals surface area contributed by atoms with Gasteiger partial charge < -0.3 is 0 Å². The monoisotopic (exact) mass is 1820 g/mol. The Morgan fingerprint density at radius 2 is 0.447 bits per heavy atom. The SMILES string of the molecule is Cc1ccc(C2=Cc3c(-c4ccc5c(ccc6ccccc65)c4)cccc3[C]23[SiH](C)[C]2(C(c4ccc(C)o4)=Cc4c(-c5ccc6c(ccc7ccccc76)c5)cccc42)[Hf]32([Cl])([Cl])[C]3(C(c4ccc(C)o4)=Cc4c(-c5ccc6c(ccc7ccccc76)c5)cccc43)[SiH](C)[C]23C(c2ccc(C)o2)=Cc2c(-c4ccc5c(ccc6ccccc65)c4)cccc23)o1. The zero-order valence-electron chi connectivity index (χ0n) is 68.7. The fourth-order valence-electron chi connectivity index (χ4n) is 27.6. The van der Waals surface area contributed by atoms with E-state index in [1.54, 1.807) is 0 Å². The van der Waals surface area contributed by atoms with E-state index >= 15 is 0 Å². The van der Waals surface area contributed by atoms with Crippen LogP contribution in [0.2, 0.25) is 13.1 Å². The molecular weight excluding hydrogens is 1740 g/mol. The van der Waals surface area contributed by atoms with E-state index in [1.165, 1.54) is 64.6 Å². The molecule has 16 aromatic carbocycles. The number of benzene rings is 16. The van der Waals surface area contributed by atoms with Crippen LogP contribution in [0.15, 0.2) is 357 Å². The van der Waals surface area contributed by atoms with Crippen LogP contribution in [0.5, 0.6) is 0 Å². The molecule has 4 atom stereocenters. The normalized spacial score (nSPS) is 22.0. The van der Waals surface area contributed by atoms with Gasteiger partial charge in [0.25, 0.3) is 0 Å². The van der Waals surface area contributed by atoms with Gasteiger partial charge in [0.05, 0.1) is 0 Å². The molecule has 0 bridgehead atoms. The average Bonchev–Trinajstić information content (AvgIpc) is 1.50. The molecule has 2 fully saturated rings. The summed E-state index contributed by atoms with van der Waals surface area (Å²) in [4.78, 5) is 0. The third-order valence-corrected chi connectivity index (χ3v) is 146. The second-order valence-electron chi connectivity index (χ2n) is 36.1. The molecule has 5 spiro atoms. The van der Waals surface area contributed by atoms with Gasteiger partial charge in [0, 0.05) is 0 Å². The Morgan fingerprint density at radius 1 is 0.228 bits per heavy atom. The fourth-order valence-corrected chi connectivity index (χ4v) is 193. The third-order valence-electron chi connectivity index (χ3n) is 31.4. The summed E-state index contributed by atoms with van der Waals surface area (Å²) < 4.78 is 25.7. The number of hydrogen-bond acceptors (Lipinski definition) is 4. The first-order valence-corrected chi connectivity index (χ1v) is 63.9. The van der Waals surface area contributed by atoms with Crippen molar-refractivity contribution < 1.29 is 32.3 Å². The Bertz CT molecular complexity index is 7410. The van der Waals surface area contributed by atoms with E-state index < -0.39 is 43.4 Å². The Balaban J connectivity index is 0.882. The van der Waals surface area contributed by atoms with Crippen molar-refractivity contribution in [1.29, 1.82) is 0 Å². The van der Waals surface area contributed by atoms with E-state index in [4.69, 9.17) is 17.7 Å². The van der Waals surface area contributed by atoms with Gasteiger partial charge in [0.15, 0.2) is 0 Å². The van der Waals surface area contributed by atoms with Crippen LogP contribution in [0.1, 0.15) is 90.6 Å². The summed E-state index contributed by atoms with van der Waals surface area (Å²) in [6, 6.07) is 128. The number of allylic oxidation sites excluding steroid dienone is 4. The van der Waals surface area contributed by atoms with Crippen molar-refractivity contribution in [2.24, 2.45) is 0 Å². The Morgan fingerprint density at radius 3 is 0.675 bits per heavy atom. The summed E-state index contributed by atoms with van der Waals surface area (Å²) >= 11 is -9.08. The maximum absolute atomic E-state index is 12.4. The van der Waals surface area contributed by atoms with Gasteiger partial charge >= 0.3 is 727 Å². The van der Waals surface area contributed by atoms with E-state index in [1.807, 2.05) is 0 Å². The average molecular weight is 1820 g/mol. The van der Waals surface area contributed by atoms with Crippen LogP contribution in [0.25, 0.3) is 177 Å². The van der Waals surface area contributed by atoms with Gasteiger partial charge in [-0.25, -0.2) is 0 Å². The number of fused-ring (bicyclic) bond motifs is 24. The molecule has 4 unspecified atom stereocenters. The Labute approximate surface area is 720 Å². The molecule has 0 radical (unpaired) electrons. The molecule has 2 aliphatic heterocycles. The van der Waals surface area contributed by atoms with Crippen molar-refractivity contribution in [2.45, 2.75) is 52.0 Å². The van der Waals surface area contributed by atoms with E-state index in [0.717, 1.165) is 179 Å². The van der Waals surface area contributed by atoms with Crippen molar-refractivity contribution in [3.05, 3.63) is 430 Å². The number of hydrogen-bond donors (Lipinski definition) is 0.